The summed E-state index contributed by atoms with van der Waals surface area (Å²) in [6.45, 7) is 0. The summed E-state index contributed by atoms with van der Waals surface area (Å²) in [6.07, 6.45) is 8.07. The molecule has 0 aliphatic heterocycles. The van der Waals surface area contributed by atoms with Crippen LogP contribution >= 0.6 is 0 Å². The van der Waals surface area contributed by atoms with E-state index in [9.17, 15) is 0 Å². The average Bonchev–Trinajstić information content (AvgIpc) is 3.94. The molecule has 0 radical (unpaired) electrons. The molecule has 10 aromatic rings. The van der Waals surface area contributed by atoms with Crippen LogP contribution in [-0.4, -0.2) is 4.57 Å². The van der Waals surface area contributed by atoms with Crippen molar-refractivity contribution in [2.45, 2.75) is 17.8 Å². The van der Waals surface area contributed by atoms with E-state index in [1.54, 1.807) is 0 Å². The Morgan fingerprint density at radius 2 is 1.08 bits per heavy atom. The fourth-order valence-corrected chi connectivity index (χ4v) is 11.3. The first-order valence-corrected chi connectivity index (χ1v) is 21.5. The van der Waals surface area contributed by atoms with Gasteiger partial charge in [-0.2, -0.15) is 0 Å². The molecule has 9 aromatic carbocycles. The molecule has 0 saturated carbocycles. The van der Waals surface area contributed by atoms with E-state index in [1.807, 2.05) is 0 Å². The van der Waals surface area contributed by atoms with Crippen LogP contribution in [0.3, 0.4) is 0 Å². The summed E-state index contributed by atoms with van der Waals surface area (Å²) in [6, 6.07) is 76.6. The van der Waals surface area contributed by atoms with E-state index in [2.05, 4.69) is 234 Å². The first kappa shape index (κ1) is 34.2. The highest BCUT2D eigenvalue weighted by Crippen LogP contribution is 2.65. The van der Waals surface area contributed by atoms with Gasteiger partial charge in [-0.15, -0.1) is 0 Å². The molecule has 1 heterocycles. The zero-order chi connectivity index (χ0) is 40.1. The van der Waals surface area contributed by atoms with Crippen molar-refractivity contribution >= 4 is 49.6 Å². The lowest BCUT2D eigenvalue weighted by Gasteiger charge is -2.34. The van der Waals surface area contributed by atoms with Crippen molar-refractivity contribution in [3.8, 4) is 27.9 Å². The van der Waals surface area contributed by atoms with E-state index < -0.39 is 0 Å². The first-order chi connectivity index (χ1) is 30.3. The third-order valence-corrected chi connectivity index (χ3v) is 13.8. The van der Waals surface area contributed by atoms with Crippen molar-refractivity contribution in [3.05, 3.63) is 252 Å². The number of anilines is 3. The molecular formula is C59H40N2. The number of aromatic nitrogens is 1. The standard InChI is InChI=1S/C59H40N2/c1-2-16-45-41(14-1)15-13-27-56(45)60(42-32-28-39(29-33-42)40-30-34-43(35-31-40)61-57-25-11-6-20-50(57)51-21-7-12-26-58(51)61)44-36-37-49-48-19-5-10-24-54(48)59(55(49)38-44)52-22-8-3-17-46(52)47-18-4-9-23-53(47)59/h1-17,19-38,47H,18H2. The number of hydrogen-bond acceptors (Lipinski definition) is 1. The van der Waals surface area contributed by atoms with Crippen molar-refractivity contribution < 1.29 is 0 Å². The van der Waals surface area contributed by atoms with Crippen LogP contribution in [0.15, 0.2) is 230 Å². The first-order valence-electron chi connectivity index (χ1n) is 21.5. The number of rotatable bonds is 5. The van der Waals surface area contributed by atoms with Gasteiger partial charge in [-0.05, 0) is 116 Å². The van der Waals surface area contributed by atoms with Gasteiger partial charge in [0.15, 0.2) is 0 Å². The third kappa shape index (κ3) is 4.85. The number of allylic oxidation sites excluding steroid dienone is 4. The normalized spacial score (nSPS) is 17.0. The average molecular weight is 777 g/mol. The summed E-state index contributed by atoms with van der Waals surface area (Å²) in [5.41, 5.74) is 18.8. The molecule has 0 amide bonds. The van der Waals surface area contributed by atoms with Crippen LogP contribution in [0.25, 0.3) is 60.5 Å². The van der Waals surface area contributed by atoms with Crippen LogP contribution < -0.4 is 4.90 Å². The van der Waals surface area contributed by atoms with Crippen LogP contribution in [0.5, 0.6) is 0 Å². The predicted molar refractivity (Wildman–Crippen MR) is 255 cm³/mol. The molecule has 2 atom stereocenters. The number of hydrogen-bond donors (Lipinski definition) is 0. The summed E-state index contributed by atoms with van der Waals surface area (Å²) in [5, 5.41) is 5.00. The van der Waals surface area contributed by atoms with Gasteiger partial charge < -0.3 is 9.47 Å². The van der Waals surface area contributed by atoms with E-state index in [-0.39, 0.29) is 5.41 Å². The van der Waals surface area contributed by atoms with Gasteiger partial charge in [0.1, 0.15) is 0 Å². The molecule has 0 saturated heterocycles. The molecule has 0 N–H and O–H groups in total. The molecule has 286 valence electrons. The van der Waals surface area contributed by atoms with E-state index in [0.29, 0.717) is 5.92 Å². The second-order valence-electron chi connectivity index (χ2n) is 16.7. The van der Waals surface area contributed by atoms with Crippen molar-refractivity contribution in [1.82, 2.24) is 4.57 Å². The molecule has 1 spiro atoms. The van der Waals surface area contributed by atoms with Crippen LogP contribution in [0, 0.1) is 0 Å². The smallest absolute Gasteiger partial charge is 0.0686 e. The number of fused-ring (bicyclic) bond motifs is 14. The van der Waals surface area contributed by atoms with Crippen molar-refractivity contribution in [2.24, 2.45) is 0 Å². The molecule has 3 aliphatic carbocycles. The van der Waals surface area contributed by atoms with E-state index in [0.717, 1.165) is 29.2 Å². The van der Waals surface area contributed by atoms with Gasteiger partial charge in [-0.25, -0.2) is 0 Å². The topological polar surface area (TPSA) is 8.17 Å². The number of nitrogens with zero attached hydrogens (tertiary/aromatic N) is 2. The zero-order valence-electron chi connectivity index (χ0n) is 33.5. The highest BCUT2D eigenvalue weighted by atomic mass is 15.1. The SMILES string of the molecule is C1=CCC2C(=C1)C1(c3ccccc3-c3ccc(N(c4ccc(-c5ccc(-n6c7ccccc7c7ccccc76)cc5)cc4)c4cccc5ccccc45)cc31)c1ccccc12. The molecule has 2 heteroatoms. The summed E-state index contributed by atoms with van der Waals surface area (Å²) in [4.78, 5) is 2.47. The lowest BCUT2D eigenvalue weighted by Crippen LogP contribution is -2.27. The lowest BCUT2D eigenvalue weighted by molar-refractivity contribution is 0.708. The highest BCUT2D eigenvalue weighted by Gasteiger charge is 2.54. The molecule has 2 unspecified atom stereocenters. The Morgan fingerprint density at radius 1 is 0.475 bits per heavy atom. The molecule has 13 rings (SSSR count). The summed E-state index contributed by atoms with van der Waals surface area (Å²) in [5.74, 6) is 0.363. The molecule has 0 bridgehead atoms. The number of para-hydroxylation sites is 2. The van der Waals surface area contributed by atoms with Gasteiger partial charge >= 0.3 is 0 Å². The Balaban J connectivity index is 0.954. The molecular weight excluding hydrogens is 737 g/mol. The van der Waals surface area contributed by atoms with Gasteiger partial charge in [0.2, 0.25) is 0 Å². The summed E-state index contributed by atoms with van der Waals surface area (Å²) >= 11 is 0. The maximum atomic E-state index is 2.51. The van der Waals surface area contributed by atoms with E-state index in [4.69, 9.17) is 0 Å². The minimum atomic E-state index is -0.354. The van der Waals surface area contributed by atoms with E-state index in [1.165, 1.54) is 82.7 Å². The molecule has 2 nitrogen and oxygen atoms in total. The molecule has 3 aliphatic rings. The Morgan fingerprint density at radius 3 is 1.87 bits per heavy atom. The van der Waals surface area contributed by atoms with Gasteiger partial charge in [-0.1, -0.05) is 170 Å². The van der Waals surface area contributed by atoms with Crippen molar-refractivity contribution in [2.75, 3.05) is 4.90 Å². The second-order valence-corrected chi connectivity index (χ2v) is 16.7. The Labute approximate surface area is 355 Å². The van der Waals surface area contributed by atoms with Gasteiger partial charge in [0.25, 0.3) is 0 Å². The Hall–Kier alpha value is -7.68. The van der Waals surface area contributed by atoms with Crippen LogP contribution in [0.4, 0.5) is 17.1 Å². The van der Waals surface area contributed by atoms with Crippen LogP contribution in [0.2, 0.25) is 0 Å². The summed E-state index contributed by atoms with van der Waals surface area (Å²) in [7, 11) is 0. The minimum absolute atomic E-state index is 0.354. The Kier molecular flexibility index (Phi) is 7.38. The molecule has 1 aromatic heterocycles. The zero-order valence-corrected chi connectivity index (χ0v) is 33.5. The van der Waals surface area contributed by atoms with E-state index >= 15 is 0 Å². The summed E-state index contributed by atoms with van der Waals surface area (Å²) < 4.78 is 2.38. The van der Waals surface area contributed by atoms with Gasteiger partial charge in [-0.3, -0.25) is 0 Å². The van der Waals surface area contributed by atoms with Crippen LogP contribution in [0.1, 0.15) is 34.6 Å². The van der Waals surface area contributed by atoms with Crippen molar-refractivity contribution in [1.29, 1.82) is 0 Å². The predicted octanol–water partition coefficient (Wildman–Crippen LogP) is 15.4. The minimum Gasteiger partial charge on any atom is -0.310 e. The lowest BCUT2D eigenvalue weighted by atomic mass is 9.69. The molecule has 61 heavy (non-hydrogen) atoms. The number of benzene rings is 9. The second kappa shape index (κ2) is 13.2. The fraction of sp³-hybridized carbons (Fsp3) is 0.0508. The Bertz CT molecular complexity index is 3400. The van der Waals surface area contributed by atoms with Gasteiger partial charge in [0, 0.05) is 39.1 Å². The monoisotopic (exact) mass is 776 g/mol. The third-order valence-electron chi connectivity index (χ3n) is 13.8. The quantitative estimate of drug-likeness (QED) is 0.169. The maximum absolute atomic E-state index is 2.51. The van der Waals surface area contributed by atoms with Crippen molar-refractivity contribution in [3.63, 3.8) is 0 Å². The largest absolute Gasteiger partial charge is 0.310 e. The fourth-order valence-electron chi connectivity index (χ4n) is 11.3. The highest BCUT2D eigenvalue weighted by molar-refractivity contribution is 6.09. The van der Waals surface area contributed by atoms with Gasteiger partial charge in [0.05, 0.1) is 22.1 Å². The maximum Gasteiger partial charge on any atom is 0.0686 e. The van der Waals surface area contributed by atoms with Crippen LogP contribution in [-0.2, 0) is 5.41 Å². The molecule has 0 fully saturated rings.